The maximum Gasteiger partial charge on any atom is 0.135 e. The van der Waals surface area contributed by atoms with Crippen LogP contribution in [0.1, 0.15) is 59.8 Å². The third-order valence-corrected chi connectivity index (χ3v) is 3.72. The predicted octanol–water partition coefficient (Wildman–Crippen LogP) is 4.06. The van der Waals surface area contributed by atoms with E-state index in [2.05, 4.69) is 13.8 Å². The summed E-state index contributed by atoms with van der Waals surface area (Å²) < 4.78 is 0. The molecular weight excluding hydrogens is 184 g/mol. The Kier molecular flexibility index (Phi) is 4.82. The Morgan fingerprint density at radius 2 is 1.67 bits per heavy atom. The third-order valence-electron chi connectivity index (χ3n) is 3.72. The molecule has 2 atom stereocenters. The first kappa shape index (κ1) is 12.7. The van der Waals surface area contributed by atoms with E-state index in [9.17, 15) is 4.79 Å². The Morgan fingerprint density at radius 3 is 2.13 bits per heavy atom. The molecule has 1 aliphatic carbocycles. The number of carbonyl (C=O) groups is 1. The van der Waals surface area contributed by atoms with Gasteiger partial charge in [0.2, 0.25) is 0 Å². The lowest BCUT2D eigenvalue weighted by Gasteiger charge is -2.31. The van der Waals surface area contributed by atoms with E-state index in [1.807, 2.05) is 13.8 Å². The van der Waals surface area contributed by atoms with Crippen LogP contribution in [-0.4, -0.2) is 5.78 Å². The Bertz CT molecular complexity index is 197. The highest BCUT2D eigenvalue weighted by molar-refractivity contribution is 5.80. The molecule has 1 heteroatoms. The van der Waals surface area contributed by atoms with Gasteiger partial charge in [-0.05, 0) is 43.4 Å². The molecule has 0 heterocycles. The number of hydrogen-bond acceptors (Lipinski definition) is 1. The molecule has 0 N–H and O–H groups in total. The largest absolute Gasteiger partial charge is 0.299 e. The molecule has 1 fully saturated rings. The first-order valence-electron chi connectivity index (χ1n) is 6.51. The molecule has 1 aliphatic rings. The van der Waals surface area contributed by atoms with E-state index in [0.29, 0.717) is 5.78 Å². The fraction of sp³-hybridized carbons (Fsp3) is 0.929. The smallest absolute Gasteiger partial charge is 0.135 e. The second-order valence-electron chi connectivity index (χ2n) is 5.94. The standard InChI is InChI=1S/C14H26O/c1-10(2)14(15)6-5-13-8-11(3)7-12(4)9-13/h10-13H,5-9H2,1-4H3. The van der Waals surface area contributed by atoms with Gasteiger partial charge < -0.3 is 0 Å². The molecule has 0 spiro atoms. The number of ketones is 1. The minimum atomic E-state index is 0.225. The van der Waals surface area contributed by atoms with Crippen LogP contribution in [0.3, 0.4) is 0 Å². The molecule has 1 nitrogen and oxygen atoms in total. The first-order valence-corrected chi connectivity index (χ1v) is 6.51. The summed E-state index contributed by atoms with van der Waals surface area (Å²) in [6.07, 6.45) is 6.01. The number of Topliss-reactive ketones (excluding diaryl/α,β-unsaturated/α-hetero) is 1. The Balaban J connectivity index is 2.29. The molecule has 0 aromatic rings. The molecular formula is C14H26O. The van der Waals surface area contributed by atoms with Gasteiger partial charge in [-0.3, -0.25) is 4.79 Å². The van der Waals surface area contributed by atoms with Crippen LogP contribution in [0.4, 0.5) is 0 Å². The highest BCUT2D eigenvalue weighted by Crippen LogP contribution is 2.35. The average Bonchev–Trinajstić information content (AvgIpc) is 2.12. The van der Waals surface area contributed by atoms with Crippen molar-refractivity contribution in [3.05, 3.63) is 0 Å². The lowest BCUT2D eigenvalue weighted by molar-refractivity contribution is -0.122. The van der Waals surface area contributed by atoms with E-state index in [-0.39, 0.29) is 5.92 Å². The maximum atomic E-state index is 11.5. The second-order valence-corrected chi connectivity index (χ2v) is 5.94. The minimum Gasteiger partial charge on any atom is -0.299 e. The van der Waals surface area contributed by atoms with Gasteiger partial charge in [0.05, 0.1) is 0 Å². The normalized spacial score (nSPS) is 31.9. The van der Waals surface area contributed by atoms with E-state index in [1.54, 1.807) is 0 Å². The fourth-order valence-corrected chi connectivity index (χ4v) is 2.98. The molecule has 0 amide bonds. The zero-order valence-electron chi connectivity index (χ0n) is 10.8. The molecule has 15 heavy (non-hydrogen) atoms. The third kappa shape index (κ3) is 4.36. The molecule has 88 valence electrons. The second kappa shape index (κ2) is 5.67. The van der Waals surface area contributed by atoms with Gasteiger partial charge in [0.15, 0.2) is 0 Å². The summed E-state index contributed by atoms with van der Waals surface area (Å²) in [5.74, 6) is 3.22. The van der Waals surface area contributed by atoms with Gasteiger partial charge in [-0.2, -0.15) is 0 Å². The fourth-order valence-electron chi connectivity index (χ4n) is 2.98. The molecule has 1 saturated carbocycles. The monoisotopic (exact) mass is 210 g/mol. The molecule has 0 saturated heterocycles. The van der Waals surface area contributed by atoms with Gasteiger partial charge in [-0.1, -0.05) is 27.7 Å². The van der Waals surface area contributed by atoms with Crippen LogP contribution in [0, 0.1) is 23.7 Å². The van der Waals surface area contributed by atoms with Gasteiger partial charge in [0.1, 0.15) is 5.78 Å². The van der Waals surface area contributed by atoms with E-state index in [0.717, 1.165) is 30.6 Å². The topological polar surface area (TPSA) is 17.1 Å². The highest BCUT2D eigenvalue weighted by atomic mass is 16.1. The van der Waals surface area contributed by atoms with E-state index >= 15 is 0 Å². The zero-order chi connectivity index (χ0) is 11.4. The molecule has 0 aromatic carbocycles. The van der Waals surface area contributed by atoms with Gasteiger partial charge >= 0.3 is 0 Å². The van der Waals surface area contributed by atoms with Crippen molar-refractivity contribution < 1.29 is 4.79 Å². The van der Waals surface area contributed by atoms with Gasteiger partial charge in [0, 0.05) is 12.3 Å². The van der Waals surface area contributed by atoms with Crippen LogP contribution in [-0.2, 0) is 4.79 Å². The predicted molar refractivity (Wildman–Crippen MR) is 64.7 cm³/mol. The van der Waals surface area contributed by atoms with Gasteiger partial charge in [0.25, 0.3) is 0 Å². The lowest BCUT2D eigenvalue weighted by Crippen LogP contribution is -2.20. The lowest BCUT2D eigenvalue weighted by atomic mass is 9.75. The Morgan fingerprint density at radius 1 is 1.13 bits per heavy atom. The first-order chi connectivity index (χ1) is 6.99. The van der Waals surface area contributed by atoms with Crippen LogP contribution < -0.4 is 0 Å². The summed E-state index contributed by atoms with van der Waals surface area (Å²) in [5, 5.41) is 0. The maximum absolute atomic E-state index is 11.5. The minimum absolute atomic E-state index is 0.225. The molecule has 1 rings (SSSR count). The van der Waals surface area contributed by atoms with E-state index < -0.39 is 0 Å². The van der Waals surface area contributed by atoms with Crippen LogP contribution in [0.5, 0.6) is 0 Å². The van der Waals surface area contributed by atoms with Crippen molar-refractivity contribution in [1.82, 2.24) is 0 Å². The summed E-state index contributed by atoms with van der Waals surface area (Å²) >= 11 is 0. The van der Waals surface area contributed by atoms with Crippen molar-refractivity contribution in [2.45, 2.75) is 59.8 Å². The van der Waals surface area contributed by atoms with E-state index in [1.165, 1.54) is 19.3 Å². The van der Waals surface area contributed by atoms with Crippen molar-refractivity contribution in [3.8, 4) is 0 Å². The molecule has 0 radical (unpaired) electrons. The van der Waals surface area contributed by atoms with Crippen molar-refractivity contribution in [3.63, 3.8) is 0 Å². The molecule has 0 aliphatic heterocycles. The quantitative estimate of drug-likeness (QED) is 0.683. The highest BCUT2D eigenvalue weighted by Gasteiger charge is 2.24. The summed E-state index contributed by atoms with van der Waals surface area (Å²) in [6, 6.07) is 0. The zero-order valence-corrected chi connectivity index (χ0v) is 10.8. The SMILES string of the molecule is CC1CC(C)CC(CCC(=O)C(C)C)C1. The van der Waals surface area contributed by atoms with Crippen molar-refractivity contribution in [2.24, 2.45) is 23.7 Å². The van der Waals surface area contributed by atoms with Gasteiger partial charge in [-0.25, -0.2) is 0 Å². The Hall–Kier alpha value is -0.330. The molecule has 0 bridgehead atoms. The van der Waals surface area contributed by atoms with Crippen molar-refractivity contribution >= 4 is 5.78 Å². The summed E-state index contributed by atoms with van der Waals surface area (Å²) in [6.45, 7) is 8.72. The van der Waals surface area contributed by atoms with Crippen molar-refractivity contribution in [2.75, 3.05) is 0 Å². The van der Waals surface area contributed by atoms with Crippen LogP contribution in [0.25, 0.3) is 0 Å². The number of carbonyl (C=O) groups excluding carboxylic acids is 1. The van der Waals surface area contributed by atoms with Crippen molar-refractivity contribution in [1.29, 1.82) is 0 Å². The summed E-state index contributed by atoms with van der Waals surface area (Å²) in [4.78, 5) is 11.5. The number of hydrogen-bond donors (Lipinski definition) is 0. The van der Waals surface area contributed by atoms with Gasteiger partial charge in [-0.15, -0.1) is 0 Å². The average molecular weight is 210 g/mol. The molecule has 0 aromatic heterocycles. The molecule has 2 unspecified atom stereocenters. The van der Waals surface area contributed by atoms with E-state index in [4.69, 9.17) is 0 Å². The summed E-state index contributed by atoms with van der Waals surface area (Å²) in [7, 11) is 0. The van der Waals surface area contributed by atoms with Crippen LogP contribution in [0.15, 0.2) is 0 Å². The summed E-state index contributed by atoms with van der Waals surface area (Å²) in [5.41, 5.74) is 0. The number of rotatable bonds is 4. The van der Waals surface area contributed by atoms with Crippen LogP contribution >= 0.6 is 0 Å². The Labute approximate surface area is 94.6 Å². The van der Waals surface area contributed by atoms with Crippen LogP contribution in [0.2, 0.25) is 0 Å².